The van der Waals surface area contributed by atoms with E-state index in [1.165, 1.54) is 36.9 Å². The Morgan fingerprint density at radius 1 is 1.33 bits per heavy atom. The van der Waals surface area contributed by atoms with Gasteiger partial charge in [0.25, 0.3) is 5.91 Å². The summed E-state index contributed by atoms with van der Waals surface area (Å²) in [6.45, 7) is 2.97. The van der Waals surface area contributed by atoms with E-state index in [4.69, 9.17) is 9.84 Å². The first-order chi connectivity index (χ1) is 9.91. The zero-order valence-electron chi connectivity index (χ0n) is 12.0. The Morgan fingerprint density at radius 2 is 1.95 bits per heavy atom. The van der Waals surface area contributed by atoms with Gasteiger partial charge in [0.2, 0.25) is 0 Å². The molecule has 0 saturated heterocycles. The largest absolute Gasteiger partial charge is 0.480 e. The predicted octanol–water partition coefficient (Wildman–Crippen LogP) is 2.06. The summed E-state index contributed by atoms with van der Waals surface area (Å²) in [7, 11) is 0. The van der Waals surface area contributed by atoms with Gasteiger partial charge in [-0.15, -0.1) is 0 Å². The van der Waals surface area contributed by atoms with Crippen molar-refractivity contribution in [1.82, 2.24) is 4.90 Å². The van der Waals surface area contributed by atoms with Crippen molar-refractivity contribution < 1.29 is 23.8 Å². The van der Waals surface area contributed by atoms with Gasteiger partial charge >= 0.3 is 5.97 Å². The molecule has 5 nitrogen and oxygen atoms in total. The quantitative estimate of drug-likeness (QED) is 0.872. The molecule has 1 aliphatic rings. The van der Waals surface area contributed by atoms with Gasteiger partial charge in [-0.1, -0.05) is 12.1 Å². The second-order valence-corrected chi connectivity index (χ2v) is 5.18. The van der Waals surface area contributed by atoms with Gasteiger partial charge in [0, 0.05) is 6.04 Å². The lowest BCUT2D eigenvalue weighted by Gasteiger charge is -2.29. The molecule has 1 fully saturated rings. The van der Waals surface area contributed by atoms with Crippen LogP contribution in [0.5, 0.6) is 5.75 Å². The number of carbonyl (C=O) groups excluding carboxylic acids is 1. The molecule has 0 radical (unpaired) electrons. The zero-order valence-corrected chi connectivity index (χ0v) is 12.0. The maximum atomic E-state index is 13.5. The Bertz CT molecular complexity index is 544. The molecule has 2 rings (SSSR count). The van der Waals surface area contributed by atoms with Crippen LogP contribution in [-0.4, -0.2) is 40.1 Å². The average Bonchev–Trinajstić information content (AvgIpc) is 3.25. The lowest BCUT2D eigenvalue weighted by Crippen LogP contribution is -2.49. The summed E-state index contributed by atoms with van der Waals surface area (Å²) in [5.41, 5.74) is 0. The van der Waals surface area contributed by atoms with Crippen molar-refractivity contribution in [3.8, 4) is 5.75 Å². The molecule has 114 valence electrons. The third kappa shape index (κ3) is 3.51. The van der Waals surface area contributed by atoms with Crippen LogP contribution in [0.15, 0.2) is 24.3 Å². The third-order valence-electron chi connectivity index (χ3n) is 3.46. The molecule has 1 aliphatic carbocycles. The monoisotopic (exact) mass is 295 g/mol. The minimum atomic E-state index is -1.06. The van der Waals surface area contributed by atoms with Crippen LogP contribution in [0, 0.1) is 5.82 Å². The normalized spacial score (nSPS) is 16.9. The number of amides is 1. The van der Waals surface area contributed by atoms with E-state index in [9.17, 15) is 14.0 Å². The van der Waals surface area contributed by atoms with Gasteiger partial charge in [0.1, 0.15) is 6.04 Å². The van der Waals surface area contributed by atoms with Crippen LogP contribution in [0.4, 0.5) is 4.39 Å². The number of carboxylic acid groups (broad SMARTS) is 1. The SMILES string of the molecule is CC(Oc1ccccc1F)C(=O)N(C1CC1)C(C)C(=O)O. The predicted molar refractivity (Wildman–Crippen MR) is 73.5 cm³/mol. The number of hydrogen-bond donors (Lipinski definition) is 1. The summed E-state index contributed by atoms with van der Waals surface area (Å²) in [5, 5.41) is 9.10. The summed E-state index contributed by atoms with van der Waals surface area (Å²) < 4.78 is 18.9. The summed E-state index contributed by atoms with van der Waals surface area (Å²) in [6.07, 6.45) is 0.634. The van der Waals surface area contributed by atoms with E-state index in [1.54, 1.807) is 6.07 Å². The van der Waals surface area contributed by atoms with Crippen LogP contribution in [-0.2, 0) is 9.59 Å². The molecule has 2 unspecified atom stereocenters. The molecule has 1 saturated carbocycles. The fourth-order valence-corrected chi connectivity index (χ4v) is 2.15. The molecule has 0 aliphatic heterocycles. The Kier molecular flexibility index (Phi) is 4.45. The number of halogens is 1. The van der Waals surface area contributed by atoms with Gasteiger partial charge in [-0.2, -0.15) is 0 Å². The van der Waals surface area contributed by atoms with Gasteiger partial charge in [-0.05, 0) is 38.8 Å². The van der Waals surface area contributed by atoms with Crippen molar-refractivity contribution in [1.29, 1.82) is 0 Å². The molecule has 1 amide bonds. The molecule has 21 heavy (non-hydrogen) atoms. The van der Waals surface area contributed by atoms with Gasteiger partial charge in [-0.3, -0.25) is 4.79 Å². The number of hydrogen-bond acceptors (Lipinski definition) is 3. The molecule has 0 bridgehead atoms. The molecule has 0 heterocycles. The molecular weight excluding hydrogens is 277 g/mol. The summed E-state index contributed by atoms with van der Waals surface area (Å²) >= 11 is 0. The van der Waals surface area contributed by atoms with E-state index in [-0.39, 0.29) is 11.8 Å². The van der Waals surface area contributed by atoms with Crippen molar-refractivity contribution in [2.45, 2.75) is 44.9 Å². The minimum absolute atomic E-state index is 0.0166. The van der Waals surface area contributed by atoms with E-state index < -0.39 is 29.8 Å². The Hall–Kier alpha value is -2.11. The van der Waals surface area contributed by atoms with E-state index in [0.717, 1.165) is 12.8 Å². The van der Waals surface area contributed by atoms with E-state index in [1.807, 2.05) is 0 Å². The highest BCUT2D eigenvalue weighted by molar-refractivity contribution is 5.86. The second kappa shape index (κ2) is 6.11. The average molecular weight is 295 g/mol. The molecule has 1 aromatic carbocycles. The first-order valence-corrected chi connectivity index (χ1v) is 6.88. The topological polar surface area (TPSA) is 66.8 Å². The maximum Gasteiger partial charge on any atom is 0.326 e. The Labute approximate surface area is 122 Å². The number of ether oxygens (including phenoxy) is 1. The van der Waals surface area contributed by atoms with Crippen LogP contribution < -0.4 is 4.74 Å². The molecular formula is C15H18FNO4. The van der Waals surface area contributed by atoms with Crippen LogP contribution >= 0.6 is 0 Å². The smallest absolute Gasteiger partial charge is 0.326 e. The van der Waals surface area contributed by atoms with Crippen molar-refractivity contribution >= 4 is 11.9 Å². The van der Waals surface area contributed by atoms with Gasteiger partial charge in [-0.25, -0.2) is 9.18 Å². The van der Waals surface area contributed by atoms with Crippen LogP contribution in [0.1, 0.15) is 26.7 Å². The number of nitrogens with zero attached hydrogens (tertiary/aromatic N) is 1. The van der Waals surface area contributed by atoms with Crippen molar-refractivity contribution in [3.05, 3.63) is 30.1 Å². The Morgan fingerprint density at radius 3 is 2.48 bits per heavy atom. The van der Waals surface area contributed by atoms with Gasteiger partial charge in [0.05, 0.1) is 0 Å². The van der Waals surface area contributed by atoms with Crippen LogP contribution in [0.2, 0.25) is 0 Å². The number of para-hydroxylation sites is 1. The fraction of sp³-hybridized carbons (Fsp3) is 0.467. The summed E-state index contributed by atoms with van der Waals surface area (Å²) in [6, 6.07) is 4.82. The molecule has 2 atom stereocenters. The second-order valence-electron chi connectivity index (χ2n) is 5.18. The van der Waals surface area contributed by atoms with Gasteiger partial charge < -0.3 is 14.7 Å². The summed E-state index contributed by atoms with van der Waals surface area (Å²) in [4.78, 5) is 24.8. The van der Waals surface area contributed by atoms with E-state index >= 15 is 0 Å². The molecule has 0 aromatic heterocycles. The van der Waals surface area contributed by atoms with Crippen molar-refractivity contribution in [3.63, 3.8) is 0 Å². The number of carboxylic acids is 1. The Balaban J connectivity index is 2.10. The standard InChI is InChI=1S/C15H18FNO4/c1-9(15(19)20)17(11-7-8-11)14(18)10(2)21-13-6-4-3-5-12(13)16/h3-6,9-11H,7-8H2,1-2H3,(H,19,20). The van der Waals surface area contributed by atoms with E-state index in [2.05, 4.69) is 0 Å². The molecule has 1 N–H and O–H groups in total. The lowest BCUT2D eigenvalue weighted by molar-refractivity contribution is -0.153. The summed E-state index contributed by atoms with van der Waals surface area (Å²) in [5.74, 6) is -2.07. The molecule has 0 spiro atoms. The first kappa shape index (κ1) is 15.3. The molecule has 1 aromatic rings. The number of carbonyl (C=O) groups is 2. The fourth-order valence-electron chi connectivity index (χ4n) is 2.15. The number of benzene rings is 1. The number of rotatable bonds is 6. The van der Waals surface area contributed by atoms with Crippen molar-refractivity contribution in [2.24, 2.45) is 0 Å². The maximum absolute atomic E-state index is 13.5. The van der Waals surface area contributed by atoms with Crippen LogP contribution in [0.3, 0.4) is 0 Å². The minimum Gasteiger partial charge on any atom is -0.480 e. The number of aliphatic carboxylic acids is 1. The highest BCUT2D eigenvalue weighted by atomic mass is 19.1. The molecule has 6 heteroatoms. The zero-order chi connectivity index (χ0) is 15.6. The van der Waals surface area contributed by atoms with E-state index in [0.29, 0.717) is 0 Å². The van der Waals surface area contributed by atoms with Gasteiger partial charge in [0.15, 0.2) is 17.7 Å². The third-order valence-corrected chi connectivity index (χ3v) is 3.46. The highest BCUT2D eigenvalue weighted by Crippen LogP contribution is 2.30. The first-order valence-electron chi connectivity index (χ1n) is 6.88. The lowest BCUT2D eigenvalue weighted by atomic mass is 10.2. The van der Waals surface area contributed by atoms with Crippen LogP contribution in [0.25, 0.3) is 0 Å². The highest BCUT2D eigenvalue weighted by Gasteiger charge is 2.40. The van der Waals surface area contributed by atoms with Crippen molar-refractivity contribution in [2.75, 3.05) is 0 Å².